The Morgan fingerprint density at radius 3 is 2.36 bits per heavy atom. The van der Waals surface area contributed by atoms with Gasteiger partial charge >= 0.3 is 0 Å². The zero-order valence-corrected chi connectivity index (χ0v) is 8.32. The molecule has 4 nitrogen and oxygen atoms in total. The van der Waals surface area contributed by atoms with Gasteiger partial charge in [0.05, 0.1) is 19.3 Å². The van der Waals surface area contributed by atoms with Crippen LogP contribution in [0.4, 0.5) is 0 Å². The molecule has 2 aliphatic heterocycles. The van der Waals surface area contributed by atoms with Crippen molar-refractivity contribution in [1.29, 1.82) is 0 Å². The average molecular weight is 195 g/mol. The zero-order chi connectivity index (χ0) is 10.3. The fourth-order valence-electron chi connectivity index (χ4n) is 1.90. The van der Waals surface area contributed by atoms with Crippen LogP contribution in [0.5, 0.6) is 0 Å². The summed E-state index contributed by atoms with van der Waals surface area (Å²) >= 11 is 0. The third-order valence-electron chi connectivity index (χ3n) is 2.81. The largest absolute Gasteiger partial charge is 0.379 e. The Labute approximate surface area is 82.5 Å². The molecule has 0 bridgehead atoms. The highest BCUT2D eigenvalue weighted by Gasteiger charge is 2.44. The van der Waals surface area contributed by atoms with Crippen molar-refractivity contribution in [3.8, 4) is 0 Å². The Kier molecular flexibility index (Phi) is 1.96. The summed E-state index contributed by atoms with van der Waals surface area (Å²) in [6.45, 7) is 5.05. The highest BCUT2D eigenvalue weighted by atomic mass is 16.5. The van der Waals surface area contributed by atoms with Gasteiger partial charge in [-0.1, -0.05) is 13.8 Å². The molecule has 1 atom stereocenters. The van der Waals surface area contributed by atoms with E-state index in [9.17, 15) is 9.59 Å². The zero-order valence-electron chi connectivity index (χ0n) is 8.32. The van der Waals surface area contributed by atoms with E-state index in [-0.39, 0.29) is 23.3 Å². The van der Waals surface area contributed by atoms with E-state index >= 15 is 0 Å². The number of imide groups is 1. The van der Waals surface area contributed by atoms with Crippen molar-refractivity contribution in [3.63, 3.8) is 0 Å². The smallest absolute Gasteiger partial charge is 0.253 e. The van der Waals surface area contributed by atoms with Crippen LogP contribution in [0.2, 0.25) is 0 Å². The molecule has 4 heteroatoms. The van der Waals surface area contributed by atoms with Crippen LogP contribution in [0.3, 0.4) is 0 Å². The molecule has 0 aromatic carbocycles. The van der Waals surface area contributed by atoms with Gasteiger partial charge in [-0.3, -0.25) is 14.5 Å². The van der Waals surface area contributed by atoms with Crippen LogP contribution in [0.1, 0.15) is 13.8 Å². The molecule has 0 radical (unpaired) electrons. The van der Waals surface area contributed by atoms with E-state index in [1.807, 2.05) is 13.8 Å². The molecule has 76 valence electrons. The topological polar surface area (TPSA) is 46.6 Å². The van der Waals surface area contributed by atoms with Gasteiger partial charge in [-0.25, -0.2) is 0 Å². The highest BCUT2D eigenvalue weighted by Crippen LogP contribution is 2.32. The fraction of sp³-hybridized carbons (Fsp3) is 0.600. The lowest BCUT2D eigenvalue weighted by molar-refractivity contribution is -0.141. The van der Waals surface area contributed by atoms with Crippen molar-refractivity contribution in [2.24, 2.45) is 5.41 Å². The maximum Gasteiger partial charge on any atom is 0.253 e. The van der Waals surface area contributed by atoms with Crippen molar-refractivity contribution in [3.05, 3.63) is 12.2 Å². The molecule has 0 aromatic heterocycles. The Morgan fingerprint density at radius 1 is 1.36 bits per heavy atom. The van der Waals surface area contributed by atoms with Gasteiger partial charge < -0.3 is 4.74 Å². The summed E-state index contributed by atoms with van der Waals surface area (Å²) in [7, 11) is 0. The summed E-state index contributed by atoms with van der Waals surface area (Å²) in [6.07, 6.45) is 2.63. The van der Waals surface area contributed by atoms with Crippen LogP contribution in [0.15, 0.2) is 12.2 Å². The van der Waals surface area contributed by atoms with Gasteiger partial charge in [-0.15, -0.1) is 0 Å². The second-order valence-electron chi connectivity index (χ2n) is 4.40. The monoisotopic (exact) mass is 195 g/mol. The first kappa shape index (κ1) is 9.40. The second kappa shape index (κ2) is 2.92. The fourth-order valence-corrected chi connectivity index (χ4v) is 1.90. The Balaban J connectivity index is 2.23. The van der Waals surface area contributed by atoms with E-state index in [1.54, 1.807) is 0 Å². The quantitative estimate of drug-likeness (QED) is 0.567. The molecule has 0 aromatic rings. The van der Waals surface area contributed by atoms with Gasteiger partial charge in [-0.05, 0) is 0 Å². The minimum atomic E-state index is -0.224. The number of ether oxygens (including phenoxy) is 1. The number of carbonyl (C=O) groups is 2. The average Bonchev–Trinajstić information content (AvgIpc) is 2.57. The molecule has 1 fully saturated rings. The van der Waals surface area contributed by atoms with Crippen molar-refractivity contribution < 1.29 is 14.3 Å². The van der Waals surface area contributed by atoms with Crippen LogP contribution in [0.25, 0.3) is 0 Å². The number of rotatable bonds is 1. The number of carbonyl (C=O) groups excluding carboxylic acids is 2. The summed E-state index contributed by atoms with van der Waals surface area (Å²) in [5.41, 5.74) is -0.142. The molecule has 0 spiro atoms. The van der Waals surface area contributed by atoms with Gasteiger partial charge in [0.15, 0.2) is 0 Å². The SMILES string of the molecule is CC1(C)COCC1N1C(=O)C=CC1=O. The van der Waals surface area contributed by atoms with Gasteiger partial charge in [-0.2, -0.15) is 0 Å². The van der Waals surface area contributed by atoms with E-state index in [1.165, 1.54) is 17.1 Å². The normalized spacial score (nSPS) is 30.4. The predicted molar refractivity (Wildman–Crippen MR) is 49.4 cm³/mol. The molecule has 0 N–H and O–H groups in total. The van der Waals surface area contributed by atoms with E-state index in [0.717, 1.165) is 0 Å². The van der Waals surface area contributed by atoms with Crippen LogP contribution in [-0.2, 0) is 14.3 Å². The number of hydrogen-bond donors (Lipinski definition) is 0. The minimum absolute atomic E-state index is 0.127. The van der Waals surface area contributed by atoms with Gasteiger partial charge in [0, 0.05) is 17.6 Å². The minimum Gasteiger partial charge on any atom is -0.379 e. The maximum atomic E-state index is 11.4. The second-order valence-corrected chi connectivity index (χ2v) is 4.40. The van der Waals surface area contributed by atoms with E-state index in [2.05, 4.69) is 0 Å². The Bertz CT molecular complexity index is 301. The number of nitrogens with zero attached hydrogens (tertiary/aromatic N) is 1. The van der Waals surface area contributed by atoms with E-state index < -0.39 is 0 Å². The summed E-state index contributed by atoms with van der Waals surface area (Å²) in [6, 6.07) is -0.127. The molecular weight excluding hydrogens is 182 g/mol. The molecule has 0 saturated carbocycles. The number of amides is 2. The van der Waals surface area contributed by atoms with E-state index in [0.29, 0.717) is 13.2 Å². The molecule has 1 saturated heterocycles. The predicted octanol–water partition coefficient (Wildman–Crippen LogP) is 0.336. The molecule has 0 aliphatic carbocycles. The standard InChI is InChI=1S/C10H13NO3/c1-10(2)6-14-5-7(10)11-8(12)3-4-9(11)13/h3-4,7H,5-6H2,1-2H3. The molecule has 1 unspecified atom stereocenters. The van der Waals surface area contributed by atoms with Crippen molar-refractivity contribution in [2.75, 3.05) is 13.2 Å². The van der Waals surface area contributed by atoms with Crippen molar-refractivity contribution >= 4 is 11.8 Å². The van der Waals surface area contributed by atoms with Gasteiger partial charge in [0.25, 0.3) is 11.8 Å². The first-order valence-corrected chi connectivity index (χ1v) is 4.65. The summed E-state index contributed by atoms with van der Waals surface area (Å²) in [5, 5.41) is 0. The van der Waals surface area contributed by atoms with Gasteiger partial charge in [0.2, 0.25) is 0 Å². The summed E-state index contributed by atoms with van der Waals surface area (Å²) < 4.78 is 5.31. The first-order chi connectivity index (χ1) is 6.52. The lowest BCUT2D eigenvalue weighted by Crippen LogP contribution is -2.47. The number of hydrogen-bond acceptors (Lipinski definition) is 3. The molecular formula is C10H13NO3. The molecule has 2 rings (SSSR count). The lowest BCUT2D eigenvalue weighted by Gasteiger charge is -2.31. The molecule has 2 heterocycles. The Morgan fingerprint density at radius 2 is 1.93 bits per heavy atom. The van der Waals surface area contributed by atoms with E-state index in [4.69, 9.17) is 4.74 Å². The Hall–Kier alpha value is -1.16. The lowest BCUT2D eigenvalue weighted by atomic mass is 9.87. The summed E-state index contributed by atoms with van der Waals surface area (Å²) in [4.78, 5) is 24.1. The van der Waals surface area contributed by atoms with Crippen molar-refractivity contribution in [1.82, 2.24) is 4.90 Å². The van der Waals surface area contributed by atoms with Crippen LogP contribution in [0, 0.1) is 5.41 Å². The molecule has 2 aliphatic rings. The molecule has 2 amide bonds. The third kappa shape index (κ3) is 1.26. The van der Waals surface area contributed by atoms with Crippen LogP contribution >= 0.6 is 0 Å². The van der Waals surface area contributed by atoms with Crippen molar-refractivity contribution in [2.45, 2.75) is 19.9 Å². The van der Waals surface area contributed by atoms with Crippen LogP contribution in [-0.4, -0.2) is 36.0 Å². The third-order valence-corrected chi connectivity index (χ3v) is 2.81. The van der Waals surface area contributed by atoms with Gasteiger partial charge in [0.1, 0.15) is 0 Å². The molecule has 14 heavy (non-hydrogen) atoms. The summed E-state index contributed by atoms with van der Waals surface area (Å²) in [5.74, 6) is -0.447. The highest BCUT2D eigenvalue weighted by molar-refractivity contribution is 6.13. The van der Waals surface area contributed by atoms with Crippen LogP contribution < -0.4 is 0 Å². The maximum absolute atomic E-state index is 11.4. The first-order valence-electron chi connectivity index (χ1n) is 4.65.